The summed E-state index contributed by atoms with van der Waals surface area (Å²) in [4.78, 5) is 0. The fourth-order valence-corrected chi connectivity index (χ4v) is 7.21. The van der Waals surface area contributed by atoms with Gasteiger partial charge in [0, 0.05) is 22.1 Å². The van der Waals surface area contributed by atoms with Crippen LogP contribution in [-0.2, 0) is 11.0 Å². The summed E-state index contributed by atoms with van der Waals surface area (Å²) in [6.45, 7) is 0. The monoisotopic (exact) mass is 450 g/mol. The highest BCUT2D eigenvalue weighted by Gasteiger charge is 2.52. The van der Waals surface area contributed by atoms with Crippen molar-refractivity contribution in [1.82, 2.24) is 0 Å². The fourth-order valence-electron chi connectivity index (χ4n) is 7.21. The van der Waals surface area contributed by atoms with Gasteiger partial charge in [0.25, 0.3) is 0 Å². The van der Waals surface area contributed by atoms with Gasteiger partial charge in [-0.1, -0.05) is 91.7 Å². The molecule has 1 heteroatoms. The average molecular weight is 451 g/mol. The van der Waals surface area contributed by atoms with Crippen molar-refractivity contribution in [2.45, 2.75) is 36.7 Å². The van der Waals surface area contributed by atoms with E-state index in [2.05, 4.69) is 109 Å². The molecule has 5 aromatic carbocycles. The Kier molecular flexibility index (Phi) is 3.81. The molecule has 2 aliphatic carbocycles. The molecule has 0 bridgehead atoms. The zero-order valence-corrected chi connectivity index (χ0v) is 19.6. The van der Waals surface area contributed by atoms with Gasteiger partial charge in [-0.2, -0.15) is 0 Å². The largest absolute Gasteiger partial charge is 0.473 e. The molecular weight excluding hydrogens is 424 g/mol. The second-order valence-electron chi connectivity index (χ2n) is 10.4. The molecule has 2 spiro atoms. The van der Waals surface area contributed by atoms with Crippen LogP contribution in [0.2, 0.25) is 0 Å². The quantitative estimate of drug-likeness (QED) is 0.230. The van der Waals surface area contributed by atoms with E-state index in [0.717, 1.165) is 5.75 Å². The normalized spacial score (nSPS) is 21.1. The fraction of sp³-hybridized carbons (Fsp3) is 0.176. The van der Waals surface area contributed by atoms with Crippen LogP contribution < -0.4 is 4.74 Å². The van der Waals surface area contributed by atoms with Gasteiger partial charge in [-0.3, -0.25) is 0 Å². The van der Waals surface area contributed by atoms with Crippen molar-refractivity contribution >= 4 is 27.6 Å². The molecule has 168 valence electrons. The van der Waals surface area contributed by atoms with Gasteiger partial charge in [0.2, 0.25) is 0 Å². The van der Waals surface area contributed by atoms with E-state index < -0.39 is 5.60 Å². The molecular formula is C34H26O. The minimum Gasteiger partial charge on any atom is -0.473 e. The minimum absolute atomic E-state index is 0.0715. The number of benzene rings is 5. The standard InChI is InChI=1S/C34H26O/c1-2-11-25-22-31-30(21-24(25)10-1)33(18-7-8-19-33)28-13-5-6-14-29(28)34(31)20-17-27-26-12-4-3-9-23(26)15-16-32(27)35-34/h1-6,9-17,20-22H,7-8,18-19H2. The van der Waals surface area contributed by atoms with Crippen molar-refractivity contribution in [1.29, 1.82) is 0 Å². The zero-order chi connectivity index (χ0) is 23.0. The molecule has 0 amide bonds. The van der Waals surface area contributed by atoms with Crippen LogP contribution in [0.5, 0.6) is 5.75 Å². The predicted molar refractivity (Wildman–Crippen MR) is 144 cm³/mol. The van der Waals surface area contributed by atoms with Crippen LogP contribution in [0, 0.1) is 0 Å². The lowest BCUT2D eigenvalue weighted by molar-refractivity contribution is 0.150. The molecule has 1 atom stereocenters. The van der Waals surface area contributed by atoms with E-state index in [0.29, 0.717) is 0 Å². The number of ether oxygens (including phenoxy) is 1. The molecule has 0 saturated heterocycles. The lowest BCUT2D eigenvalue weighted by Gasteiger charge is -2.48. The highest BCUT2D eigenvalue weighted by molar-refractivity contribution is 5.94. The minimum atomic E-state index is -0.626. The van der Waals surface area contributed by atoms with Gasteiger partial charge < -0.3 is 4.74 Å². The molecule has 1 aliphatic heterocycles. The second kappa shape index (κ2) is 6.86. The van der Waals surface area contributed by atoms with E-state index in [9.17, 15) is 0 Å². The summed E-state index contributed by atoms with van der Waals surface area (Å²) in [5, 5.41) is 5.08. The molecule has 0 aromatic heterocycles. The van der Waals surface area contributed by atoms with Crippen molar-refractivity contribution in [3.05, 3.63) is 131 Å². The van der Waals surface area contributed by atoms with E-state index in [-0.39, 0.29) is 5.41 Å². The van der Waals surface area contributed by atoms with Crippen LogP contribution in [0.15, 0.2) is 103 Å². The van der Waals surface area contributed by atoms with Gasteiger partial charge in [-0.25, -0.2) is 0 Å². The molecule has 1 unspecified atom stereocenters. The Morgan fingerprint density at radius 2 is 1.23 bits per heavy atom. The van der Waals surface area contributed by atoms with Crippen molar-refractivity contribution in [2.24, 2.45) is 0 Å². The topological polar surface area (TPSA) is 9.23 Å². The Bertz CT molecular complexity index is 1680. The Labute approximate surface area is 205 Å². The second-order valence-corrected chi connectivity index (χ2v) is 10.4. The molecule has 1 fully saturated rings. The van der Waals surface area contributed by atoms with Gasteiger partial charge in [0.1, 0.15) is 5.75 Å². The van der Waals surface area contributed by atoms with E-state index in [1.54, 1.807) is 0 Å². The Hall–Kier alpha value is -3.84. The summed E-state index contributed by atoms with van der Waals surface area (Å²) < 4.78 is 7.19. The van der Waals surface area contributed by atoms with Crippen molar-refractivity contribution in [3.63, 3.8) is 0 Å². The van der Waals surface area contributed by atoms with Gasteiger partial charge in [0.05, 0.1) is 0 Å². The lowest BCUT2D eigenvalue weighted by Crippen LogP contribution is -2.44. The van der Waals surface area contributed by atoms with Gasteiger partial charge >= 0.3 is 0 Å². The van der Waals surface area contributed by atoms with Gasteiger partial charge in [-0.15, -0.1) is 0 Å². The first-order chi connectivity index (χ1) is 17.3. The summed E-state index contributed by atoms with van der Waals surface area (Å²) in [7, 11) is 0. The smallest absolute Gasteiger partial charge is 0.178 e. The third-order valence-corrected chi connectivity index (χ3v) is 8.79. The van der Waals surface area contributed by atoms with Crippen LogP contribution in [0.1, 0.15) is 53.5 Å². The molecule has 1 nitrogen and oxygen atoms in total. The average Bonchev–Trinajstić information content (AvgIpc) is 3.42. The first-order valence-electron chi connectivity index (χ1n) is 12.8. The summed E-state index contributed by atoms with van der Waals surface area (Å²) in [6.07, 6.45) is 9.60. The number of fused-ring (bicyclic) bond motifs is 10. The molecule has 8 rings (SSSR count). The van der Waals surface area contributed by atoms with Crippen LogP contribution in [0.3, 0.4) is 0 Å². The Morgan fingerprint density at radius 1 is 0.571 bits per heavy atom. The van der Waals surface area contributed by atoms with Crippen LogP contribution in [0.25, 0.3) is 27.6 Å². The molecule has 0 N–H and O–H groups in total. The molecule has 35 heavy (non-hydrogen) atoms. The summed E-state index contributed by atoms with van der Waals surface area (Å²) >= 11 is 0. The number of hydrogen-bond acceptors (Lipinski definition) is 1. The molecule has 1 saturated carbocycles. The van der Waals surface area contributed by atoms with Crippen molar-refractivity contribution in [2.75, 3.05) is 0 Å². The van der Waals surface area contributed by atoms with Gasteiger partial charge in [0.15, 0.2) is 5.60 Å². The summed E-state index contributed by atoms with van der Waals surface area (Å²) in [6, 6.07) is 35.7. The first-order valence-corrected chi connectivity index (χ1v) is 12.8. The third-order valence-electron chi connectivity index (χ3n) is 8.79. The van der Waals surface area contributed by atoms with E-state index in [1.165, 1.54) is 75.0 Å². The van der Waals surface area contributed by atoms with Crippen LogP contribution >= 0.6 is 0 Å². The highest BCUT2D eigenvalue weighted by atomic mass is 16.5. The maximum atomic E-state index is 7.19. The van der Waals surface area contributed by atoms with Crippen molar-refractivity contribution in [3.8, 4) is 5.75 Å². The maximum absolute atomic E-state index is 7.19. The van der Waals surface area contributed by atoms with Crippen LogP contribution in [0.4, 0.5) is 0 Å². The highest BCUT2D eigenvalue weighted by Crippen LogP contribution is 2.59. The van der Waals surface area contributed by atoms with E-state index >= 15 is 0 Å². The predicted octanol–water partition coefficient (Wildman–Crippen LogP) is 8.52. The third kappa shape index (κ3) is 2.48. The number of rotatable bonds is 0. The van der Waals surface area contributed by atoms with E-state index in [1.807, 2.05) is 0 Å². The Balaban J connectivity index is 1.46. The van der Waals surface area contributed by atoms with E-state index in [4.69, 9.17) is 4.74 Å². The first kappa shape index (κ1) is 19.5. The zero-order valence-electron chi connectivity index (χ0n) is 19.6. The van der Waals surface area contributed by atoms with Crippen LogP contribution in [-0.4, -0.2) is 0 Å². The molecule has 3 aliphatic rings. The lowest BCUT2D eigenvalue weighted by atomic mass is 9.60. The molecule has 5 aromatic rings. The molecule has 1 heterocycles. The van der Waals surface area contributed by atoms with Crippen molar-refractivity contribution < 1.29 is 4.74 Å². The van der Waals surface area contributed by atoms with Gasteiger partial charge in [-0.05, 0) is 75.9 Å². The summed E-state index contributed by atoms with van der Waals surface area (Å²) in [5.41, 5.74) is 6.15. The SMILES string of the molecule is C1=CC2(Oc3ccc4ccccc4c31)c1ccccc1C1(CCCC1)c1cc3ccccc3cc12. The summed E-state index contributed by atoms with van der Waals surface area (Å²) in [5.74, 6) is 0.961. The molecule has 0 radical (unpaired) electrons. The number of hydrogen-bond donors (Lipinski definition) is 0. The Morgan fingerprint density at radius 3 is 2.03 bits per heavy atom. The maximum Gasteiger partial charge on any atom is 0.178 e.